The van der Waals surface area contributed by atoms with Crippen molar-refractivity contribution in [2.75, 3.05) is 7.11 Å². The molecule has 19 heavy (non-hydrogen) atoms. The molecule has 0 saturated heterocycles. The molecule has 3 rings (SSSR count). The van der Waals surface area contributed by atoms with Crippen LogP contribution in [0.3, 0.4) is 0 Å². The average molecular weight is 253 g/mol. The third kappa shape index (κ3) is 2.06. The van der Waals surface area contributed by atoms with Gasteiger partial charge in [0.2, 0.25) is 0 Å². The molecule has 0 fully saturated rings. The lowest BCUT2D eigenvalue weighted by Gasteiger charge is -1.98. The number of hydrogen-bond donors (Lipinski definition) is 0. The van der Waals surface area contributed by atoms with Gasteiger partial charge in [-0.05, 0) is 24.3 Å². The Labute approximate surface area is 109 Å². The summed E-state index contributed by atoms with van der Waals surface area (Å²) in [4.78, 5) is 20.2. The molecule has 0 aliphatic carbocycles. The molecule has 0 radical (unpaired) electrons. The highest BCUT2D eigenvalue weighted by atomic mass is 16.5. The van der Waals surface area contributed by atoms with E-state index in [4.69, 9.17) is 0 Å². The van der Waals surface area contributed by atoms with E-state index in [0.29, 0.717) is 11.2 Å². The van der Waals surface area contributed by atoms with E-state index in [-0.39, 0.29) is 5.97 Å². The maximum absolute atomic E-state index is 11.5. The second-order valence-electron chi connectivity index (χ2n) is 4.01. The fraction of sp³-hybridized carbons (Fsp3) is 0.0714. The Morgan fingerprint density at radius 3 is 2.89 bits per heavy atom. The molecule has 0 N–H and O–H groups in total. The number of aromatic nitrogens is 3. The van der Waals surface area contributed by atoms with Crippen LogP contribution in [0.25, 0.3) is 17.0 Å². The third-order valence-electron chi connectivity index (χ3n) is 2.81. The molecule has 5 nitrogen and oxygen atoms in total. The Bertz CT molecular complexity index is 735. The van der Waals surface area contributed by atoms with E-state index in [1.165, 1.54) is 7.11 Å². The van der Waals surface area contributed by atoms with E-state index in [2.05, 4.69) is 14.7 Å². The summed E-state index contributed by atoms with van der Waals surface area (Å²) in [5.74, 6) is -0.370. The number of esters is 1. The van der Waals surface area contributed by atoms with Gasteiger partial charge in [-0.3, -0.25) is 4.98 Å². The summed E-state index contributed by atoms with van der Waals surface area (Å²) in [6, 6.07) is 9.05. The Morgan fingerprint density at radius 1 is 1.26 bits per heavy atom. The topological polar surface area (TPSA) is 56.5 Å². The highest BCUT2D eigenvalue weighted by Crippen LogP contribution is 2.17. The van der Waals surface area contributed by atoms with E-state index in [0.717, 1.165) is 11.4 Å². The monoisotopic (exact) mass is 253 g/mol. The summed E-state index contributed by atoms with van der Waals surface area (Å²) in [5.41, 5.74) is 2.73. The molecule has 5 heteroatoms. The normalized spacial score (nSPS) is 10.6. The third-order valence-corrected chi connectivity index (χ3v) is 2.81. The molecule has 0 amide bonds. The Morgan fingerprint density at radius 2 is 2.16 bits per heavy atom. The van der Waals surface area contributed by atoms with Crippen LogP contribution in [0.5, 0.6) is 0 Å². The zero-order chi connectivity index (χ0) is 13.2. The number of ether oxygens (including phenoxy) is 1. The second-order valence-corrected chi connectivity index (χ2v) is 4.01. The van der Waals surface area contributed by atoms with E-state index >= 15 is 0 Å². The first-order chi connectivity index (χ1) is 9.28. The minimum atomic E-state index is -0.370. The van der Waals surface area contributed by atoms with Gasteiger partial charge in [0.05, 0.1) is 18.4 Å². The number of carbonyl (C=O) groups excluding carboxylic acids is 1. The molecule has 0 unspecified atom stereocenters. The predicted molar refractivity (Wildman–Crippen MR) is 69.8 cm³/mol. The van der Waals surface area contributed by atoms with Crippen LogP contribution in [-0.2, 0) is 4.74 Å². The maximum Gasteiger partial charge on any atom is 0.338 e. The molecular weight excluding hydrogens is 242 g/mol. The van der Waals surface area contributed by atoms with Crippen LogP contribution >= 0.6 is 0 Å². The Kier molecular flexibility index (Phi) is 2.72. The minimum Gasteiger partial charge on any atom is -0.465 e. The summed E-state index contributed by atoms with van der Waals surface area (Å²) in [6.45, 7) is 0. The molecule has 0 bridgehead atoms. The van der Waals surface area contributed by atoms with Gasteiger partial charge >= 0.3 is 5.97 Å². The standard InChI is InChI=1S/C14H11N3O2/c1-19-14(18)10-5-7-17-9-12(16-13(17)8-10)11-4-2-3-6-15-11/h2-9H,1H3. The van der Waals surface area contributed by atoms with Crippen molar-refractivity contribution >= 4 is 11.6 Å². The maximum atomic E-state index is 11.5. The van der Waals surface area contributed by atoms with Crippen molar-refractivity contribution in [1.82, 2.24) is 14.4 Å². The van der Waals surface area contributed by atoms with Crippen LogP contribution in [0.2, 0.25) is 0 Å². The van der Waals surface area contributed by atoms with Crippen LogP contribution in [0.15, 0.2) is 48.9 Å². The van der Waals surface area contributed by atoms with E-state index in [9.17, 15) is 4.79 Å². The smallest absolute Gasteiger partial charge is 0.338 e. The molecule has 0 spiro atoms. The number of fused-ring (bicyclic) bond motifs is 1. The van der Waals surface area contributed by atoms with Gasteiger partial charge in [-0.25, -0.2) is 9.78 Å². The van der Waals surface area contributed by atoms with Gasteiger partial charge in [0.1, 0.15) is 11.3 Å². The quantitative estimate of drug-likeness (QED) is 0.657. The fourth-order valence-corrected chi connectivity index (χ4v) is 1.86. The molecule has 0 aliphatic rings. The fourth-order valence-electron chi connectivity index (χ4n) is 1.86. The highest BCUT2D eigenvalue weighted by Gasteiger charge is 2.09. The predicted octanol–water partition coefficient (Wildman–Crippen LogP) is 2.18. The van der Waals surface area contributed by atoms with Crippen molar-refractivity contribution < 1.29 is 9.53 Å². The molecule has 3 heterocycles. The number of nitrogens with zero attached hydrogens (tertiary/aromatic N) is 3. The van der Waals surface area contributed by atoms with Gasteiger partial charge in [-0.15, -0.1) is 0 Å². The lowest BCUT2D eigenvalue weighted by molar-refractivity contribution is 0.0600. The van der Waals surface area contributed by atoms with Gasteiger partial charge in [0, 0.05) is 18.6 Å². The van der Waals surface area contributed by atoms with Crippen molar-refractivity contribution in [2.24, 2.45) is 0 Å². The highest BCUT2D eigenvalue weighted by molar-refractivity contribution is 5.90. The number of pyridine rings is 2. The van der Waals surface area contributed by atoms with Crippen molar-refractivity contribution in [1.29, 1.82) is 0 Å². The molecule has 0 atom stereocenters. The first-order valence-corrected chi connectivity index (χ1v) is 5.76. The van der Waals surface area contributed by atoms with Crippen molar-refractivity contribution in [3.05, 3.63) is 54.5 Å². The molecule has 0 saturated carbocycles. The number of methoxy groups -OCH3 is 1. The Balaban J connectivity index is 2.09. The summed E-state index contributed by atoms with van der Waals surface area (Å²) < 4.78 is 6.53. The first-order valence-electron chi connectivity index (χ1n) is 5.76. The molecule has 0 aromatic carbocycles. The first kappa shape index (κ1) is 11.4. The zero-order valence-corrected chi connectivity index (χ0v) is 10.3. The van der Waals surface area contributed by atoms with Crippen molar-refractivity contribution in [2.45, 2.75) is 0 Å². The van der Waals surface area contributed by atoms with Crippen LogP contribution in [0.4, 0.5) is 0 Å². The molecular formula is C14H11N3O2. The summed E-state index contributed by atoms with van der Waals surface area (Å²) in [5, 5.41) is 0. The molecule has 3 aromatic rings. The van der Waals surface area contributed by atoms with Gasteiger partial charge in [0.15, 0.2) is 0 Å². The van der Waals surface area contributed by atoms with Crippen LogP contribution < -0.4 is 0 Å². The number of rotatable bonds is 2. The number of hydrogen-bond acceptors (Lipinski definition) is 4. The molecule has 94 valence electrons. The Hall–Kier alpha value is -2.69. The lowest BCUT2D eigenvalue weighted by atomic mass is 10.3. The minimum absolute atomic E-state index is 0.370. The van der Waals surface area contributed by atoms with E-state index in [1.807, 2.05) is 28.8 Å². The second kappa shape index (κ2) is 4.53. The van der Waals surface area contributed by atoms with Gasteiger partial charge in [0.25, 0.3) is 0 Å². The van der Waals surface area contributed by atoms with Crippen molar-refractivity contribution in [3.63, 3.8) is 0 Å². The summed E-state index contributed by atoms with van der Waals surface area (Å²) in [7, 11) is 1.36. The van der Waals surface area contributed by atoms with Gasteiger partial charge < -0.3 is 9.14 Å². The number of carbonyl (C=O) groups is 1. The average Bonchev–Trinajstić information content (AvgIpc) is 2.90. The summed E-state index contributed by atoms with van der Waals surface area (Å²) in [6.07, 6.45) is 5.37. The SMILES string of the molecule is COC(=O)c1ccn2cc(-c3ccccn3)nc2c1. The van der Waals surface area contributed by atoms with Crippen LogP contribution in [0.1, 0.15) is 10.4 Å². The van der Waals surface area contributed by atoms with Crippen LogP contribution in [0, 0.1) is 0 Å². The largest absolute Gasteiger partial charge is 0.465 e. The van der Waals surface area contributed by atoms with E-state index < -0.39 is 0 Å². The lowest BCUT2D eigenvalue weighted by Crippen LogP contribution is -2.01. The van der Waals surface area contributed by atoms with Crippen LogP contribution in [-0.4, -0.2) is 27.4 Å². The van der Waals surface area contributed by atoms with Gasteiger partial charge in [-0.2, -0.15) is 0 Å². The van der Waals surface area contributed by atoms with Gasteiger partial charge in [-0.1, -0.05) is 6.07 Å². The van der Waals surface area contributed by atoms with Crippen molar-refractivity contribution in [3.8, 4) is 11.4 Å². The summed E-state index contributed by atoms with van der Waals surface area (Å²) >= 11 is 0. The van der Waals surface area contributed by atoms with E-state index in [1.54, 1.807) is 24.5 Å². The molecule has 0 aliphatic heterocycles. The molecule has 3 aromatic heterocycles. The zero-order valence-electron chi connectivity index (χ0n) is 10.3. The number of imidazole rings is 1.